The molecule has 3 nitrogen and oxygen atoms in total. The van der Waals surface area contributed by atoms with Crippen LogP contribution in [0.4, 0.5) is 5.82 Å². The number of aromatic nitrogens is 2. The molecule has 0 radical (unpaired) electrons. The van der Waals surface area contributed by atoms with Crippen LogP contribution in [0.15, 0.2) is 6.07 Å². The number of fused-ring (bicyclic) bond motifs is 1. The Labute approximate surface area is 72.8 Å². The normalized spacial score (nSPS) is 21.7. The van der Waals surface area contributed by atoms with Gasteiger partial charge in [-0.25, -0.2) is 4.68 Å². The molecule has 3 heteroatoms. The van der Waals surface area contributed by atoms with E-state index in [1.807, 2.05) is 0 Å². The number of nitrogens with zero attached hydrogens (tertiary/aromatic N) is 2. The van der Waals surface area contributed by atoms with Crippen molar-refractivity contribution in [3.8, 4) is 0 Å². The molecule has 0 amide bonds. The fourth-order valence-corrected chi connectivity index (χ4v) is 1.62. The monoisotopic (exact) mass is 165 g/mol. The Morgan fingerprint density at radius 2 is 2.58 bits per heavy atom. The Balaban J connectivity index is 2.37. The minimum absolute atomic E-state index is 0.557. The van der Waals surface area contributed by atoms with Crippen LogP contribution in [0.1, 0.15) is 32.0 Å². The molecule has 0 spiro atoms. The van der Waals surface area contributed by atoms with Crippen molar-refractivity contribution < 1.29 is 0 Å². The van der Waals surface area contributed by atoms with E-state index >= 15 is 0 Å². The summed E-state index contributed by atoms with van der Waals surface area (Å²) in [6.07, 6.45) is 2.20. The Hall–Kier alpha value is -0.990. The molecule has 0 aliphatic carbocycles. The van der Waals surface area contributed by atoms with Crippen LogP contribution in [0.25, 0.3) is 0 Å². The lowest BCUT2D eigenvalue weighted by Gasteiger charge is -2.21. The van der Waals surface area contributed by atoms with Gasteiger partial charge in [0.25, 0.3) is 0 Å². The Morgan fingerprint density at radius 1 is 1.75 bits per heavy atom. The Bertz CT molecular complexity index is 277. The molecule has 1 aliphatic rings. The van der Waals surface area contributed by atoms with Gasteiger partial charge in [0.2, 0.25) is 0 Å². The molecule has 1 N–H and O–H groups in total. The van der Waals surface area contributed by atoms with E-state index in [4.69, 9.17) is 0 Å². The third-order valence-electron chi connectivity index (χ3n) is 2.43. The molecular weight excluding hydrogens is 150 g/mol. The van der Waals surface area contributed by atoms with E-state index < -0.39 is 0 Å². The lowest BCUT2D eigenvalue weighted by molar-refractivity contribution is 0.450. The summed E-state index contributed by atoms with van der Waals surface area (Å²) in [6, 6.07) is 2.71. The molecule has 1 aromatic heterocycles. The molecule has 0 aromatic carbocycles. The predicted molar refractivity (Wildman–Crippen MR) is 49.4 cm³/mol. The predicted octanol–water partition coefficient (Wildman–Crippen LogP) is 1.82. The van der Waals surface area contributed by atoms with Gasteiger partial charge in [0.1, 0.15) is 5.82 Å². The van der Waals surface area contributed by atoms with Crippen molar-refractivity contribution in [1.82, 2.24) is 9.78 Å². The Kier molecular flexibility index (Phi) is 1.79. The smallest absolute Gasteiger partial charge is 0.124 e. The first-order valence-electron chi connectivity index (χ1n) is 4.63. The number of hydrogen-bond donors (Lipinski definition) is 1. The van der Waals surface area contributed by atoms with Gasteiger partial charge in [-0.1, -0.05) is 6.92 Å². The van der Waals surface area contributed by atoms with Gasteiger partial charge in [0, 0.05) is 12.6 Å². The maximum atomic E-state index is 4.50. The molecule has 12 heavy (non-hydrogen) atoms. The highest BCUT2D eigenvalue weighted by Crippen LogP contribution is 2.23. The molecule has 0 saturated heterocycles. The first-order chi connectivity index (χ1) is 5.81. The summed E-state index contributed by atoms with van der Waals surface area (Å²) in [6.45, 7) is 5.44. The van der Waals surface area contributed by atoms with Crippen molar-refractivity contribution in [2.75, 3.05) is 11.9 Å². The summed E-state index contributed by atoms with van der Waals surface area (Å²) in [5.74, 6) is 1.19. The first-order valence-corrected chi connectivity index (χ1v) is 4.63. The molecule has 2 heterocycles. The van der Waals surface area contributed by atoms with Crippen LogP contribution in [0.2, 0.25) is 0 Å². The molecule has 0 fully saturated rings. The van der Waals surface area contributed by atoms with Gasteiger partial charge >= 0.3 is 0 Å². The molecule has 66 valence electrons. The van der Waals surface area contributed by atoms with Crippen LogP contribution in [-0.2, 0) is 6.42 Å². The number of anilines is 1. The van der Waals surface area contributed by atoms with Crippen molar-refractivity contribution in [2.45, 2.75) is 32.7 Å². The van der Waals surface area contributed by atoms with Gasteiger partial charge in [0.15, 0.2) is 0 Å². The Morgan fingerprint density at radius 3 is 3.25 bits per heavy atom. The molecule has 1 aromatic rings. The third kappa shape index (κ3) is 1.09. The summed E-state index contributed by atoms with van der Waals surface area (Å²) in [5.41, 5.74) is 1.19. The second-order valence-corrected chi connectivity index (χ2v) is 3.38. The molecule has 1 unspecified atom stereocenters. The van der Waals surface area contributed by atoms with E-state index in [9.17, 15) is 0 Å². The first kappa shape index (κ1) is 7.65. The average molecular weight is 165 g/mol. The highest BCUT2D eigenvalue weighted by atomic mass is 15.4. The quantitative estimate of drug-likeness (QED) is 0.688. The van der Waals surface area contributed by atoms with E-state index in [-0.39, 0.29) is 0 Å². The zero-order valence-electron chi connectivity index (χ0n) is 7.67. The zero-order valence-corrected chi connectivity index (χ0v) is 7.67. The molecule has 0 bridgehead atoms. The van der Waals surface area contributed by atoms with Gasteiger partial charge in [-0.05, 0) is 19.8 Å². The van der Waals surface area contributed by atoms with E-state index in [0.29, 0.717) is 6.04 Å². The number of nitrogens with one attached hydrogen (secondary N) is 1. The molecular formula is C9H15N3. The minimum atomic E-state index is 0.557. The van der Waals surface area contributed by atoms with Crippen LogP contribution in [0, 0.1) is 0 Å². The summed E-state index contributed by atoms with van der Waals surface area (Å²) in [4.78, 5) is 0. The van der Waals surface area contributed by atoms with Crippen LogP contribution in [0.3, 0.4) is 0 Å². The summed E-state index contributed by atoms with van der Waals surface area (Å²) in [7, 11) is 0. The van der Waals surface area contributed by atoms with Crippen molar-refractivity contribution in [3.63, 3.8) is 0 Å². The van der Waals surface area contributed by atoms with Gasteiger partial charge in [0.05, 0.1) is 11.7 Å². The lowest BCUT2D eigenvalue weighted by atomic mass is 10.2. The van der Waals surface area contributed by atoms with Crippen LogP contribution < -0.4 is 5.32 Å². The van der Waals surface area contributed by atoms with Crippen molar-refractivity contribution in [1.29, 1.82) is 0 Å². The second kappa shape index (κ2) is 2.81. The summed E-state index contributed by atoms with van der Waals surface area (Å²) >= 11 is 0. The fourth-order valence-electron chi connectivity index (χ4n) is 1.62. The summed E-state index contributed by atoms with van der Waals surface area (Å²) < 4.78 is 2.10. The third-order valence-corrected chi connectivity index (χ3v) is 2.43. The fraction of sp³-hybridized carbons (Fsp3) is 0.667. The highest BCUT2D eigenvalue weighted by Gasteiger charge is 2.16. The maximum absolute atomic E-state index is 4.50. The van der Waals surface area contributed by atoms with Gasteiger partial charge in [-0.2, -0.15) is 5.10 Å². The number of hydrogen-bond acceptors (Lipinski definition) is 2. The lowest BCUT2D eigenvalue weighted by Crippen LogP contribution is -2.21. The van der Waals surface area contributed by atoms with E-state index in [2.05, 4.69) is 35.0 Å². The molecule has 1 aliphatic heterocycles. The maximum Gasteiger partial charge on any atom is 0.124 e. The number of rotatable bonds is 1. The topological polar surface area (TPSA) is 29.9 Å². The summed E-state index contributed by atoms with van der Waals surface area (Å²) in [5, 5.41) is 7.85. The van der Waals surface area contributed by atoms with Gasteiger partial charge in [-0.15, -0.1) is 0 Å². The van der Waals surface area contributed by atoms with Crippen LogP contribution in [0.5, 0.6) is 0 Å². The zero-order chi connectivity index (χ0) is 8.55. The van der Waals surface area contributed by atoms with E-state index in [1.165, 1.54) is 17.9 Å². The SMILES string of the molecule is CCc1cc2n(n1)C(C)CCN2. The second-order valence-electron chi connectivity index (χ2n) is 3.38. The molecule has 2 rings (SSSR count). The standard InChI is InChI=1S/C9H15N3/c1-3-8-6-9-10-5-4-7(2)12(9)11-8/h6-7,10H,3-5H2,1-2H3. The van der Waals surface area contributed by atoms with Crippen molar-refractivity contribution >= 4 is 5.82 Å². The van der Waals surface area contributed by atoms with Gasteiger partial charge < -0.3 is 5.32 Å². The van der Waals surface area contributed by atoms with Crippen LogP contribution >= 0.6 is 0 Å². The minimum Gasteiger partial charge on any atom is -0.370 e. The van der Waals surface area contributed by atoms with Crippen molar-refractivity contribution in [2.24, 2.45) is 0 Å². The van der Waals surface area contributed by atoms with Crippen molar-refractivity contribution in [3.05, 3.63) is 11.8 Å². The molecule has 0 saturated carbocycles. The van der Waals surface area contributed by atoms with E-state index in [1.54, 1.807) is 0 Å². The van der Waals surface area contributed by atoms with Gasteiger partial charge in [-0.3, -0.25) is 0 Å². The largest absolute Gasteiger partial charge is 0.370 e. The number of aryl methyl sites for hydroxylation is 1. The average Bonchev–Trinajstić information content (AvgIpc) is 2.49. The van der Waals surface area contributed by atoms with Crippen LogP contribution in [-0.4, -0.2) is 16.3 Å². The highest BCUT2D eigenvalue weighted by molar-refractivity contribution is 5.39. The van der Waals surface area contributed by atoms with E-state index in [0.717, 1.165) is 13.0 Å². The molecule has 1 atom stereocenters.